The predicted octanol–water partition coefficient (Wildman–Crippen LogP) is 6.52. The van der Waals surface area contributed by atoms with Gasteiger partial charge in [-0.05, 0) is 66.3 Å². The van der Waals surface area contributed by atoms with Crippen molar-refractivity contribution in [3.8, 4) is 22.6 Å². The average Bonchev–Trinajstić information content (AvgIpc) is 3.38. The van der Waals surface area contributed by atoms with Crippen molar-refractivity contribution in [1.29, 1.82) is 0 Å². The monoisotopic (exact) mass is 417 g/mol. The molecule has 3 nitrogen and oxygen atoms in total. The molecule has 29 heavy (non-hydrogen) atoms. The van der Waals surface area contributed by atoms with E-state index in [1.54, 1.807) is 0 Å². The fraction of sp³-hybridized carbons (Fsp3) is 0.391. The molecule has 6 heteroatoms. The largest absolute Gasteiger partial charge is 0.586 e. The molecule has 1 heterocycles. The minimum atomic E-state index is -3.65. The summed E-state index contributed by atoms with van der Waals surface area (Å²) >= 11 is 6.35. The molecule has 2 aromatic rings. The minimum Gasteiger partial charge on any atom is -0.395 e. The molecule has 2 aromatic carbocycles. The van der Waals surface area contributed by atoms with Crippen LogP contribution in [0.4, 0.5) is 14.5 Å². The zero-order valence-electron chi connectivity index (χ0n) is 16.1. The van der Waals surface area contributed by atoms with Gasteiger partial charge in [-0.25, -0.2) is 0 Å². The van der Waals surface area contributed by atoms with E-state index in [9.17, 15) is 8.78 Å². The summed E-state index contributed by atoms with van der Waals surface area (Å²) < 4.78 is 35.7. The highest BCUT2D eigenvalue weighted by molar-refractivity contribution is 6.33. The predicted molar refractivity (Wildman–Crippen MR) is 110 cm³/mol. The van der Waals surface area contributed by atoms with Gasteiger partial charge < -0.3 is 14.8 Å². The number of halogens is 3. The van der Waals surface area contributed by atoms with Crippen LogP contribution in [0, 0.1) is 17.8 Å². The lowest BCUT2D eigenvalue weighted by Crippen LogP contribution is -2.25. The van der Waals surface area contributed by atoms with Crippen molar-refractivity contribution in [3.05, 3.63) is 53.1 Å². The van der Waals surface area contributed by atoms with Gasteiger partial charge in [-0.15, -0.1) is 8.78 Å². The van der Waals surface area contributed by atoms with Gasteiger partial charge in [-0.1, -0.05) is 36.7 Å². The van der Waals surface area contributed by atoms with E-state index in [0.29, 0.717) is 22.4 Å². The van der Waals surface area contributed by atoms with E-state index in [1.165, 1.54) is 30.5 Å². The summed E-state index contributed by atoms with van der Waals surface area (Å²) in [6.07, 6.45) is 4.50. The van der Waals surface area contributed by atoms with Crippen LogP contribution in [0.3, 0.4) is 0 Å². The van der Waals surface area contributed by atoms with Gasteiger partial charge in [-0.3, -0.25) is 0 Å². The Kier molecular flexibility index (Phi) is 4.46. The van der Waals surface area contributed by atoms with Gasteiger partial charge in [-0.2, -0.15) is 0 Å². The smallest absolute Gasteiger partial charge is 0.395 e. The molecule has 0 spiro atoms. The van der Waals surface area contributed by atoms with E-state index < -0.39 is 6.29 Å². The molecule has 1 fully saturated rings. The average molecular weight is 418 g/mol. The molecule has 3 unspecified atom stereocenters. The zero-order valence-corrected chi connectivity index (χ0v) is 16.8. The number of anilines is 1. The summed E-state index contributed by atoms with van der Waals surface area (Å²) in [6.45, 7) is 3.07. The number of fused-ring (bicyclic) bond motifs is 3. The maximum atomic E-state index is 13.3. The quantitative estimate of drug-likeness (QED) is 0.562. The van der Waals surface area contributed by atoms with Crippen LogP contribution in [0.15, 0.2) is 42.5 Å². The molecule has 1 aliphatic heterocycles. The maximum Gasteiger partial charge on any atom is 0.586 e. The number of hydrogen-bond donors (Lipinski definition) is 1. The topological polar surface area (TPSA) is 30.5 Å². The van der Waals surface area contributed by atoms with Gasteiger partial charge in [0.05, 0.1) is 5.02 Å². The second-order valence-corrected chi connectivity index (χ2v) is 8.50. The van der Waals surface area contributed by atoms with Crippen molar-refractivity contribution in [2.75, 3.05) is 11.9 Å². The Morgan fingerprint density at radius 3 is 2.59 bits per heavy atom. The summed E-state index contributed by atoms with van der Waals surface area (Å²) in [5, 5.41) is 3.97. The molecule has 2 bridgehead atoms. The molecular weight excluding hydrogens is 396 g/mol. The Morgan fingerprint density at radius 2 is 1.90 bits per heavy atom. The van der Waals surface area contributed by atoms with Gasteiger partial charge in [0.15, 0.2) is 11.5 Å². The lowest BCUT2D eigenvalue weighted by Gasteiger charge is -2.21. The van der Waals surface area contributed by atoms with Crippen LogP contribution in [0.5, 0.6) is 11.5 Å². The Balaban J connectivity index is 1.38. The number of aryl methyl sites for hydroxylation is 1. The van der Waals surface area contributed by atoms with Crippen molar-refractivity contribution < 1.29 is 18.3 Å². The van der Waals surface area contributed by atoms with Crippen LogP contribution in [0.1, 0.15) is 25.3 Å². The van der Waals surface area contributed by atoms with Gasteiger partial charge >= 0.3 is 6.29 Å². The van der Waals surface area contributed by atoms with Crippen molar-refractivity contribution >= 4 is 17.3 Å². The molecule has 3 atom stereocenters. The van der Waals surface area contributed by atoms with E-state index in [0.717, 1.165) is 30.1 Å². The van der Waals surface area contributed by atoms with Gasteiger partial charge in [0, 0.05) is 23.9 Å². The van der Waals surface area contributed by atoms with E-state index >= 15 is 0 Å². The Bertz CT molecular complexity index is 991. The normalized spacial score (nSPS) is 25.6. The lowest BCUT2D eigenvalue weighted by atomic mass is 9.93. The molecule has 2 aliphatic carbocycles. The summed E-state index contributed by atoms with van der Waals surface area (Å²) in [5.74, 6) is 2.12. The molecule has 1 saturated carbocycles. The maximum absolute atomic E-state index is 13.3. The molecule has 5 rings (SSSR count). The third-order valence-corrected chi connectivity index (χ3v) is 6.57. The Labute approximate surface area is 173 Å². The van der Waals surface area contributed by atoms with Crippen molar-refractivity contribution in [3.63, 3.8) is 0 Å². The zero-order chi connectivity index (χ0) is 20.2. The third-order valence-electron chi connectivity index (χ3n) is 6.26. The molecule has 3 aliphatic rings. The van der Waals surface area contributed by atoms with Crippen molar-refractivity contribution in [1.82, 2.24) is 0 Å². The van der Waals surface area contributed by atoms with Gasteiger partial charge in [0.2, 0.25) is 0 Å². The number of alkyl halides is 2. The lowest BCUT2D eigenvalue weighted by molar-refractivity contribution is -0.286. The van der Waals surface area contributed by atoms with E-state index in [1.807, 2.05) is 12.1 Å². The van der Waals surface area contributed by atoms with Crippen LogP contribution in [0.2, 0.25) is 5.02 Å². The summed E-state index contributed by atoms with van der Waals surface area (Å²) in [6, 6.07) is 8.97. The Morgan fingerprint density at radius 1 is 1.10 bits per heavy atom. The van der Waals surface area contributed by atoms with E-state index in [2.05, 4.69) is 39.9 Å². The first-order chi connectivity index (χ1) is 13.9. The first kappa shape index (κ1) is 18.7. The standard InChI is InChI=1S/C23H22ClF2NO2/c1-2-14-9-16(18-10-21-22(11-19(18)24)29-23(25,26)28-21)5-6-20(14)27-12-17-8-13-3-4-15(17)7-13/h3-6,9-11,13,15,17,27H,2,7-8,12H2,1H3. The minimum absolute atomic E-state index is 0.000934. The van der Waals surface area contributed by atoms with Gasteiger partial charge in [0.25, 0.3) is 0 Å². The molecule has 0 aromatic heterocycles. The third kappa shape index (κ3) is 3.46. The highest BCUT2D eigenvalue weighted by Gasteiger charge is 2.44. The number of ether oxygens (including phenoxy) is 2. The van der Waals surface area contributed by atoms with Crippen molar-refractivity contribution in [2.45, 2.75) is 32.5 Å². The summed E-state index contributed by atoms with van der Waals surface area (Å²) in [5.41, 5.74) is 3.79. The molecule has 1 N–H and O–H groups in total. The van der Waals surface area contributed by atoms with E-state index in [4.69, 9.17) is 11.6 Å². The summed E-state index contributed by atoms with van der Waals surface area (Å²) in [7, 11) is 0. The van der Waals surface area contributed by atoms with Crippen LogP contribution >= 0.6 is 11.6 Å². The SMILES string of the molecule is CCc1cc(-c2cc3c(cc2Cl)OC(F)(F)O3)ccc1NCC1CC2C=CC1C2. The van der Waals surface area contributed by atoms with E-state index in [-0.39, 0.29) is 11.5 Å². The van der Waals surface area contributed by atoms with Crippen LogP contribution in [-0.2, 0) is 6.42 Å². The van der Waals surface area contributed by atoms with Crippen molar-refractivity contribution in [2.24, 2.45) is 17.8 Å². The number of nitrogens with one attached hydrogen (secondary N) is 1. The highest BCUT2D eigenvalue weighted by Crippen LogP contribution is 2.46. The first-order valence-electron chi connectivity index (χ1n) is 10.1. The summed E-state index contributed by atoms with van der Waals surface area (Å²) in [4.78, 5) is 0. The van der Waals surface area contributed by atoms with Gasteiger partial charge in [0.1, 0.15) is 0 Å². The molecule has 152 valence electrons. The number of rotatable bonds is 5. The first-order valence-corrected chi connectivity index (χ1v) is 10.4. The molecule has 0 radical (unpaired) electrons. The number of benzene rings is 2. The number of allylic oxidation sites excluding steroid dienone is 2. The molecule has 0 saturated heterocycles. The van der Waals surface area contributed by atoms with Crippen LogP contribution < -0.4 is 14.8 Å². The highest BCUT2D eigenvalue weighted by atomic mass is 35.5. The fourth-order valence-electron chi connectivity index (χ4n) is 4.79. The van der Waals surface area contributed by atoms with Crippen LogP contribution in [0.25, 0.3) is 11.1 Å². The number of hydrogen-bond acceptors (Lipinski definition) is 3. The molecular formula is C23H22ClF2NO2. The van der Waals surface area contributed by atoms with Crippen LogP contribution in [-0.4, -0.2) is 12.8 Å². The second kappa shape index (κ2) is 6.91. The molecule has 0 amide bonds. The second-order valence-electron chi connectivity index (χ2n) is 8.09. The Hall–Kier alpha value is -2.27. The fourth-order valence-corrected chi connectivity index (χ4v) is 5.05.